The molecule has 0 aromatic heterocycles. The molecule has 0 radical (unpaired) electrons. The van der Waals surface area contributed by atoms with Gasteiger partial charge in [0.25, 0.3) is 6.43 Å². The molecule has 4 heteroatoms. The predicted molar refractivity (Wildman–Crippen MR) is 40.0 cm³/mol. The van der Waals surface area contributed by atoms with E-state index in [1.54, 1.807) is 7.05 Å². The van der Waals surface area contributed by atoms with Gasteiger partial charge in [-0.1, -0.05) is 6.92 Å². The zero-order chi connectivity index (χ0) is 8.69. The molecule has 68 valence electrons. The number of halogens is 2. The fourth-order valence-corrected chi connectivity index (χ4v) is 0.705. The van der Waals surface area contributed by atoms with Gasteiger partial charge in [0.05, 0.1) is 6.61 Å². The van der Waals surface area contributed by atoms with Gasteiger partial charge in [0.15, 0.2) is 0 Å². The molecule has 0 aromatic carbocycles. The van der Waals surface area contributed by atoms with Crippen LogP contribution in [0.1, 0.15) is 13.3 Å². The second kappa shape index (κ2) is 6.49. The number of rotatable bonds is 6. The molecular formula is C7H15F2NO. The highest BCUT2D eigenvalue weighted by Crippen LogP contribution is 1.95. The van der Waals surface area contributed by atoms with E-state index in [0.717, 1.165) is 6.42 Å². The third-order valence-corrected chi connectivity index (χ3v) is 1.46. The van der Waals surface area contributed by atoms with E-state index in [2.05, 4.69) is 5.32 Å². The zero-order valence-electron chi connectivity index (χ0n) is 6.94. The van der Waals surface area contributed by atoms with Crippen molar-refractivity contribution in [2.75, 3.05) is 20.3 Å². The highest BCUT2D eigenvalue weighted by molar-refractivity contribution is 4.59. The van der Waals surface area contributed by atoms with Gasteiger partial charge in [0.2, 0.25) is 0 Å². The summed E-state index contributed by atoms with van der Waals surface area (Å²) in [6.07, 6.45) is -1.47. The van der Waals surface area contributed by atoms with Crippen molar-refractivity contribution in [3.63, 3.8) is 0 Å². The third-order valence-electron chi connectivity index (χ3n) is 1.46. The SMILES string of the molecule is CCC(COCC(F)F)NC. The summed E-state index contributed by atoms with van der Waals surface area (Å²) in [5.41, 5.74) is 0. The van der Waals surface area contributed by atoms with E-state index in [1.165, 1.54) is 0 Å². The quantitative estimate of drug-likeness (QED) is 0.643. The van der Waals surface area contributed by atoms with Gasteiger partial charge in [-0.3, -0.25) is 0 Å². The van der Waals surface area contributed by atoms with Gasteiger partial charge >= 0.3 is 0 Å². The smallest absolute Gasteiger partial charge is 0.261 e. The number of hydrogen-bond donors (Lipinski definition) is 1. The molecule has 0 aromatic rings. The molecule has 0 bridgehead atoms. The van der Waals surface area contributed by atoms with Crippen molar-refractivity contribution >= 4 is 0 Å². The first-order valence-electron chi connectivity index (χ1n) is 3.73. The second-order valence-electron chi connectivity index (χ2n) is 2.32. The monoisotopic (exact) mass is 167 g/mol. The number of ether oxygens (including phenoxy) is 1. The van der Waals surface area contributed by atoms with Crippen LogP contribution in [0.3, 0.4) is 0 Å². The van der Waals surface area contributed by atoms with Crippen molar-refractivity contribution in [3.8, 4) is 0 Å². The largest absolute Gasteiger partial charge is 0.374 e. The molecule has 0 aliphatic rings. The number of likely N-dealkylation sites (N-methyl/N-ethyl adjacent to an activating group) is 1. The maximum atomic E-state index is 11.5. The highest BCUT2D eigenvalue weighted by Gasteiger charge is 2.05. The summed E-state index contributed by atoms with van der Waals surface area (Å²) in [6.45, 7) is 1.88. The topological polar surface area (TPSA) is 21.3 Å². The van der Waals surface area contributed by atoms with Crippen molar-refractivity contribution in [2.24, 2.45) is 0 Å². The van der Waals surface area contributed by atoms with E-state index in [4.69, 9.17) is 4.74 Å². The fraction of sp³-hybridized carbons (Fsp3) is 1.00. The molecule has 1 unspecified atom stereocenters. The van der Waals surface area contributed by atoms with Crippen LogP contribution in [-0.2, 0) is 4.74 Å². The van der Waals surface area contributed by atoms with Crippen LogP contribution < -0.4 is 5.32 Å². The van der Waals surface area contributed by atoms with Crippen molar-refractivity contribution in [1.29, 1.82) is 0 Å². The van der Waals surface area contributed by atoms with E-state index < -0.39 is 13.0 Å². The van der Waals surface area contributed by atoms with E-state index in [-0.39, 0.29) is 6.04 Å². The van der Waals surface area contributed by atoms with Crippen LogP contribution in [0.4, 0.5) is 8.78 Å². The summed E-state index contributed by atoms with van der Waals surface area (Å²) >= 11 is 0. The lowest BCUT2D eigenvalue weighted by Gasteiger charge is -2.13. The van der Waals surface area contributed by atoms with Gasteiger partial charge in [-0.2, -0.15) is 0 Å². The van der Waals surface area contributed by atoms with Crippen LogP contribution in [-0.4, -0.2) is 32.7 Å². The Bertz CT molecular complexity index is 86.5. The molecule has 1 N–H and O–H groups in total. The van der Waals surface area contributed by atoms with Gasteiger partial charge in [0.1, 0.15) is 6.61 Å². The maximum absolute atomic E-state index is 11.5. The minimum Gasteiger partial charge on any atom is -0.374 e. The van der Waals surface area contributed by atoms with Crippen LogP contribution in [0.15, 0.2) is 0 Å². The lowest BCUT2D eigenvalue weighted by Crippen LogP contribution is -2.30. The Kier molecular flexibility index (Phi) is 6.36. The van der Waals surface area contributed by atoms with Crippen LogP contribution in [0.2, 0.25) is 0 Å². The van der Waals surface area contributed by atoms with Crippen LogP contribution in [0.25, 0.3) is 0 Å². The zero-order valence-corrected chi connectivity index (χ0v) is 6.94. The molecule has 1 atom stereocenters. The van der Waals surface area contributed by atoms with E-state index in [1.807, 2.05) is 6.92 Å². The minimum absolute atomic E-state index is 0.189. The van der Waals surface area contributed by atoms with Crippen molar-refractivity contribution in [1.82, 2.24) is 5.32 Å². The Hall–Kier alpha value is -0.220. The fourth-order valence-electron chi connectivity index (χ4n) is 0.705. The van der Waals surface area contributed by atoms with Gasteiger partial charge < -0.3 is 10.1 Å². The lowest BCUT2D eigenvalue weighted by atomic mass is 10.2. The molecule has 0 fully saturated rings. The first kappa shape index (κ1) is 10.8. The lowest BCUT2D eigenvalue weighted by molar-refractivity contribution is 0.00978. The van der Waals surface area contributed by atoms with Gasteiger partial charge in [-0.15, -0.1) is 0 Å². The summed E-state index contributed by atoms with van der Waals surface area (Å²) in [5, 5.41) is 2.96. The maximum Gasteiger partial charge on any atom is 0.261 e. The number of nitrogens with one attached hydrogen (secondary N) is 1. The summed E-state index contributed by atoms with van der Waals surface area (Å²) in [6, 6.07) is 0.189. The van der Waals surface area contributed by atoms with Crippen LogP contribution >= 0.6 is 0 Å². The van der Waals surface area contributed by atoms with Crippen LogP contribution in [0, 0.1) is 0 Å². The van der Waals surface area contributed by atoms with Crippen LogP contribution in [0.5, 0.6) is 0 Å². The normalized spacial score (nSPS) is 13.9. The molecule has 0 aliphatic heterocycles. The summed E-state index contributed by atoms with van der Waals surface area (Å²) < 4.78 is 27.8. The molecule has 0 amide bonds. The first-order chi connectivity index (χ1) is 5.20. The Morgan fingerprint density at radius 2 is 2.00 bits per heavy atom. The number of hydrogen-bond acceptors (Lipinski definition) is 2. The molecule has 0 heterocycles. The summed E-state index contributed by atoms with van der Waals surface area (Å²) in [4.78, 5) is 0. The van der Waals surface area contributed by atoms with Gasteiger partial charge in [0, 0.05) is 6.04 Å². The molecule has 0 spiro atoms. The summed E-state index contributed by atoms with van der Waals surface area (Å²) in [7, 11) is 1.79. The molecule has 2 nitrogen and oxygen atoms in total. The highest BCUT2D eigenvalue weighted by atomic mass is 19.3. The molecule has 11 heavy (non-hydrogen) atoms. The summed E-state index contributed by atoms with van der Waals surface area (Å²) in [5.74, 6) is 0. The van der Waals surface area contributed by atoms with Crippen molar-refractivity contribution in [2.45, 2.75) is 25.8 Å². The van der Waals surface area contributed by atoms with E-state index >= 15 is 0 Å². The Morgan fingerprint density at radius 1 is 1.36 bits per heavy atom. The van der Waals surface area contributed by atoms with E-state index in [0.29, 0.717) is 6.61 Å². The average molecular weight is 167 g/mol. The standard InChI is InChI=1S/C7H15F2NO/c1-3-6(10-2)4-11-5-7(8)9/h6-7,10H,3-5H2,1-2H3. The Morgan fingerprint density at radius 3 is 2.36 bits per heavy atom. The molecular weight excluding hydrogens is 152 g/mol. The van der Waals surface area contributed by atoms with Gasteiger partial charge in [-0.05, 0) is 13.5 Å². The molecule has 0 saturated carbocycles. The minimum atomic E-state index is -2.36. The molecule has 0 aliphatic carbocycles. The molecule has 0 rings (SSSR count). The Balaban J connectivity index is 3.21. The third kappa shape index (κ3) is 6.19. The molecule has 0 saturated heterocycles. The average Bonchev–Trinajstić information content (AvgIpc) is 1.98. The van der Waals surface area contributed by atoms with Crippen molar-refractivity contribution in [3.05, 3.63) is 0 Å². The van der Waals surface area contributed by atoms with Gasteiger partial charge in [-0.25, -0.2) is 8.78 Å². The predicted octanol–water partition coefficient (Wildman–Crippen LogP) is 1.27. The first-order valence-corrected chi connectivity index (χ1v) is 3.73. The van der Waals surface area contributed by atoms with E-state index in [9.17, 15) is 8.78 Å². The number of alkyl halides is 2. The van der Waals surface area contributed by atoms with Crippen molar-refractivity contribution < 1.29 is 13.5 Å². The second-order valence-corrected chi connectivity index (χ2v) is 2.32. The Labute approximate surface area is 65.9 Å².